The zero-order chi connectivity index (χ0) is 12.1. The summed E-state index contributed by atoms with van der Waals surface area (Å²) in [6, 6.07) is 10.1. The van der Waals surface area contributed by atoms with Gasteiger partial charge in [-0.15, -0.1) is 0 Å². The fourth-order valence-electron chi connectivity index (χ4n) is 2.31. The van der Waals surface area contributed by atoms with Gasteiger partial charge < -0.3 is 10.1 Å². The van der Waals surface area contributed by atoms with Crippen molar-refractivity contribution >= 4 is 5.97 Å². The van der Waals surface area contributed by atoms with Crippen LogP contribution in [0.5, 0.6) is 0 Å². The van der Waals surface area contributed by atoms with E-state index < -0.39 is 5.60 Å². The molecule has 1 N–H and O–H groups in total. The van der Waals surface area contributed by atoms with Gasteiger partial charge in [-0.1, -0.05) is 37.3 Å². The maximum Gasteiger partial charge on any atom is 0.306 e. The quantitative estimate of drug-likeness (QED) is 0.813. The predicted octanol–water partition coefficient (Wildman–Crippen LogP) is 2.22. The smallest absolute Gasteiger partial charge is 0.306 e. The van der Waals surface area contributed by atoms with E-state index >= 15 is 0 Å². The lowest BCUT2D eigenvalue weighted by Crippen LogP contribution is -2.43. The van der Waals surface area contributed by atoms with Crippen LogP contribution in [0, 0.1) is 0 Å². The minimum Gasteiger partial charge on any atom is -0.454 e. The van der Waals surface area contributed by atoms with Crippen molar-refractivity contribution < 1.29 is 9.53 Å². The number of rotatable bonds is 3. The van der Waals surface area contributed by atoms with Gasteiger partial charge in [0.1, 0.15) is 5.60 Å². The number of nitrogens with one attached hydrogen (secondary N) is 1. The summed E-state index contributed by atoms with van der Waals surface area (Å²) in [5.41, 5.74) is 0.697. The first-order chi connectivity index (χ1) is 8.27. The molecule has 0 aliphatic carbocycles. The minimum absolute atomic E-state index is 0.115. The van der Waals surface area contributed by atoms with Gasteiger partial charge in [0.2, 0.25) is 0 Å². The van der Waals surface area contributed by atoms with Gasteiger partial charge in [0.15, 0.2) is 0 Å². The van der Waals surface area contributed by atoms with Crippen molar-refractivity contribution in [1.82, 2.24) is 5.32 Å². The van der Waals surface area contributed by atoms with Gasteiger partial charge in [-0.05, 0) is 18.7 Å². The highest BCUT2D eigenvalue weighted by Crippen LogP contribution is 2.35. The average molecular weight is 233 g/mol. The molecule has 0 saturated carbocycles. The molecule has 3 nitrogen and oxygen atoms in total. The summed E-state index contributed by atoms with van der Waals surface area (Å²) in [6.07, 6.45) is 2.13. The number of hydrogen-bond acceptors (Lipinski definition) is 3. The molecule has 2 rings (SSSR count). The summed E-state index contributed by atoms with van der Waals surface area (Å²) < 4.78 is 5.74. The molecule has 1 heterocycles. The topological polar surface area (TPSA) is 38.3 Å². The number of ether oxygens (including phenoxy) is 1. The highest BCUT2D eigenvalue weighted by Gasteiger charge is 2.37. The minimum atomic E-state index is -0.417. The van der Waals surface area contributed by atoms with E-state index in [1.807, 2.05) is 37.3 Å². The number of carbonyl (C=O) groups is 1. The van der Waals surface area contributed by atoms with Crippen LogP contribution in [0.4, 0.5) is 0 Å². The number of piperidine rings is 1. The van der Waals surface area contributed by atoms with Gasteiger partial charge in [0.05, 0.1) is 0 Å². The van der Waals surface area contributed by atoms with Crippen LogP contribution in [0.3, 0.4) is 0 Å². The van der Waals surface area contributed by atoms with Crippen molar-refractivity contribution in [1.29, 1.82) is 0 Å². The number of esters is 1. The summed E-state index contributed by atoms with van der Waals surface area (Å²) in [4.78, 5) is 11.6. The second kappa shape index (κ2) is 5.32. The lowest BCUT2D eigenvalue weighted by molar-refractivity contribution is -0.163. The molecule has 92 valence electrons. The van der Waals surface area contributed by atoms with E-state index in [-0.39, 0.29) is 5.97 Å². The van der Waals surface area contributed by atoms with E-state index in [4.69, 9.17) is 4.74 Å². The molecule has 3 heteroatoms. The van der Waals surface area contributed by atoms with Crippen LogP contribution in [-0.4, -0.2) is 19.1 Å². The molecule has 0 spiro atoms. The van der Waals surface area contributed by atoms with Gasteiger partial charge in [-0.2, -0.15) is 0 Å². The molecule has 1 saturated heterocycles. The molecule has 1 aliphatic heterocycles. The molecule has 0 aromatic heterocycles. The lowest BCUT2D eigenvalue weighted by Gasteiger charge is -2.37. The zero-order valence-corrected chi connectivity index (χ0v) is 10.2. The van der Waals surface area contributed by atoms with E-state index in [2.05, 4.69) is 5.32 Å². The van der Waals surface area contributed by atoms with Crippen LogP contribution in [0.15, 0.2) is 30.3 Å². The van der Waals surface area contributed by atoms with Crippen LogP contribution in [0.2, 0.25) is 0 Å². The highest BCUT2D eigenvalue weighted by molar-refractivity contribution is 5.69. The van der Waals surface area contributed by atoms with Gasteiger partial charge in [0.25, 0.3) is 0 Å². The van der Waals surface area contributed by atoms with Crippen LogP contribution >= 0.6 is 0 Å². The fraction of sp³-hybridized carbons (Fsp3) is 0.500. The van der Waals surface area contributed by atoms with Gasteiger partial charge in [-0.3, -0.25) is 4.79 Å². The van der Waals surface area contributed by atoms with Crippen LogP contribution in [0.25, 0.3) is 0 Å². The zero-order valence-electron chi connectivity index (χ0n) is 10.2. The Morgan fingerprint density at radius 1 is 1.29 bits per heavy atom. The molecule has 1 aliphatic rings. The van der Waals surface area contributed by atoms with E-state index in [1.54, 1.807) is 0 Å². The van der Waals surface area contributed by atoms with Gasteiger partial charge in [0, 0.05) is 19.3 Å². The van der Waals surface area contributed by atoms with Crippen molar-refractivity contribution in [2.45, 2.75) is 31.8 Å². The van der Waals surface area contributed by atoms with Crippen LogP contribution < -0.4 is 5.32 Å². The van der Waals surface area contributed by atoms with Gasteiger partial charge in [-0.25, -0.2) is 0 Å². The Balaban J connectivity index is 2.26. The van der Waals surface area contributed by atoms with Crippen LogP contribution in [-0.2, 0) is 15.1 Å². The Bertz CT molecular complexity index is 369. The van der Waals surface area contributed by atoms with Crippen molar-refractivity contribution in [2.24, 2.45) is 0 Å². The molecule has 1 aromatic carbocycles. The lowest BCUT2D eigenvalue weighted by atomic mass is 9.85. The molecule has 1 fully saturated rings. The SMILES string of the molecule is CCC(=O)OC1(c2ccccc2)CCNCC1. The molecular formula is C14H19NO2. The number of benzene rings is 1. The summed E-state index contributed by atoms with van der Waals surface area (Å²) in [6.45, 7) is 3.62. The van der Waals surface area contributed by atoms with Crippen molar-refractivity contribution in [3.8, 4) is 0 Å². The number of carbonyl (C=O) groups excluding carboxylic acids is 1. The molecule has 1 aromatic rings. The van der Waals surface area contributed by atoms with Crippen molar-refractivity contribution in [2.75, 3.05) is 13.1 Å². The second-order valence-corrected chi connectivity index (χ2v) is 4.44. The first-order valence-corrected chi connectivity index (χ1v) is 6.25. The molecule has 0 bridgehead atoms. The summed E-state index contributed by atoms with van der Waals surface area (Å²) >= 11 is 0. The number of hydrogen-bond donors (Lipinski definition) is 1. The third-order valence-corrected chi connectivity index (χ3v) is 3.31. The summed E-state index contributed by atoms with van der Waals surface area (Å²) in [5.74, 6) is -0.115. The standard InChI is InChI=1S/C14H19NO2/c1-2-13(16)17-14(8-10-15-11-9-14)12-6-4-3-5-7-12/h3-7,15H,2,8-11H2,1H3. The molecule has 0 unspecified atom stereocenters. The first kappa shape index (κ1) is 12.1. The largest absolute Gasteiger partial charge is 0.454 e. The Hall–Kier alpha value is -1.35. The molecule has 0 amide bonds. The Morgan fingerprint density at radius 2 is 1.94 bits per heavy atom. The molecule has 0 radical (unpaired) electrons. The summed E-state index contributed by atoms with van der Waals surface area (Å²) in [5, 5.41) is 3.31. The summed E-state index contributed by atoms with van der Waals surface area (Å²) in [7, 11) is 0. The molecule has 0 atom stereocenters. The Morgan fingerprint density at radius 3 is 2.53 bits per heavy atom. The Labute approximate surface area is 102 Å². The van der Waals surface area contributed by atoms with Gasteiger partial charge >= 0.3 is 5.97 Å². The second-order valence-electron chi connectivity index (χ2n) is 4.44. The maximum atomic E-state index is 11.6. The van der Waals surface area contributed by atoms with Crippen LogP contribution in [0.1, 0.15) is 31.7 Å². The van der Waals surface area contributed by atoms with E-state index in [0.717, 1.165) is 31.5 Å². The van der Waals surface area contributed by atoms with E-state index in [0.29, 0.717) is 6.42 Å². The molecular weight excluding hydrogens is 214 g/mol. The average Bonchev–Trinajstić information content (AvgIpc) is 2.40. The predicted molar refractivity (Wildman–Crippen MR) is 66.6 cm³/mol. The van der Waals surface area contributed by atoms with E-state index in [9.17, 15) is 4.79 Å². The fourth-order valence-corrected chi connectivity index (χ4v) is 2.31. The molecule has 17 heavy (non-hydrogen) atoms. The monoisotopic (exact) mass is 233 g/mol. The first-order valence-electron chi connectivity index (χ1n) is 6.25. The third kappa shape index (κ3) is 2.67. The Kier molecular flexibility index (Phi) is 3.79. The van der Waals surface area contributed by atoms with Crippen molar-refractivity contribution in [3.63, 3.8) is 0 Å². The normalized spacial score (nSPS) is 18.6. The maximum absolute atomic E-state index is 11.6. The van der Waals surface area contributed by atoms with E-state index in [1.165, 1.54) is 0 Å². The van der Waals surface area contributed by atoms with Crippen molar-refractivity contribution in [3.05, 3.63) is 35.9 Å². The highest BCUT2D eigenvalue weighted by atomic mass is 16.6. The third-order valence-electron chi connectivity index (χ3n) is 3.31.